The Morgan fingerprint density at radius 3 is 2.52 bits per heavy atom. The standard InChI is InChI=1S/C17H14N6/c1-2-4-14(5-3-1)17-21-20-16-7-6-15(22-23(16)17)19-12-13-8-10-18-11-9-13/h1-11H,12H2,(H,19,22). The smallest absolute Gasteiger partial charge is 0.185 e. The van der Waals surface area contributed by atoms with Crippen LogP contribution >= 0.6 is 0 Å². The minimum Gasteiger partial charge on any atom is -0.365 e. The molecule has 0 saturated carbocycles. The SMILES string of the molecule is c1ccc(-c2nnc3ccc(NCc4ccncc4)nn23)cc1. The van der Waals surface area contributed by atoms with Gasteiger partial charge in [0, 0.05) is 24.5 Å². The molecule has 0 aliphatic rings. The second-order valence-corrected chi connectivity index (χ2v) is 5.09. The summed E-state index contributed by atoms with van der Waals surface area (Å²) in [5.74, 6) is 1.50. The summed E-state index contributed by atoms with van der Waals surface area (Å²) in [6.07, 6.45) is 3.56. The van der Waals surface area contributed by atoms with E-state index in [0.717, 1.165) is 28.4 Å². The molecule has 0 amide bonds. The highest BCUT2D eigenvalue weighted by molar-refractivity contribution is 5.59. The highest BCUT2D eigenvalue weighted by atomic mass is 15.4. The van der Waals surface area contributed by atoms with Crippen LogP contribution in [0.4, 0.5) is 5.82 Å². The van der Waals surface area contributed by atoms with Gasteiger partial charge in [-0.1, -0.05) is 30.3 Å². The van der Waals surface area contributed by atoms with Gasteiger partial charge in [0.25, 0.3) is 0 Å². The van der Waals surface area contributed by atoms with Crippen LogP contribution in [0, 0.1) is 0 Å². The van der Waals surface area contributed by atoms with Crippen LogP contribution in [-0.2, 0) is 6.54 Å². The summed E-state index contributed by atoms with van der Waals surface area (Å²) in [4.78, 5) is 4.02. The number of aromatic nitrogens is 5. The first-order chi connectivity index (χ1) is 11.4. The minimum absolute atomic E-state index is 0.684. The number of hydrogen-bond acceptors (Lipinski definition) is 5. The van der Waals surface area contributed by atoms with E-state index in [9.17, 15) is 0 Å². The molecule has 0 saturated heterocycles. The van der Waals surface area contributed by atoms with Crippen molar-refractivity contribution in [2.45, 2.75) is 6.54 Å². The summed E-state index contributed by atoms with van der Waals surface area (Å²) >= 11 is 0. The number of pyridine rings is 1. The summed E-state index contributed by atoms with van der Waals surface area (Å²) in [6.45, 7) is 0.684. The Hall–Kier alpha value is -3.28. The van der Waals surface area contributed by atoms with Crippen molar-refractivity contribution in [2.75, 3.05) is 5.32 Å². The van der Waals surface area contributed by atoms with Gasteiger partial charge in [0.2, 0.25) is 0 Å². The van der Waals surface area contributed by atoms with Gasteiger partial charge < -0.3 is 5.32 Å². The number of nitrogens with one attached hydrogen (secondary N) is 1. The van der Waals surface area contributed by atoms with Gasteiger partial charge >= 0.3 is 0 Å². The van der Waals surface area contributed by atoms with Gasteiger partial charge in [0.05, 0.1) is 0 Å². The average molecular weight is 302 g/mol. The summed E-state index contributed by atoms with van der Waals surface area (Å²) in [6, 6.07) is 17.7. The topological polar surface area (TPSA) is 68.0 Å². The number of fused-ring (bicyclic) bond motifs is 1. The van der Waals surface area contributed by atoms with E-state index in [1.807, 2.05) is 54.6 Å². The van der Waals surface area contributed by atoms with E-state index in [4.69, 9.17) is 0 Å². The number of anilines is 1. The third kappa shape index (κ3) is 2.74. The van der Waals surface area contributed by atoms with Gasteiger partial charge in [-0.3, -0.25) is 4.98 Å². The van der Waals surface area contributed by atoms with E-state index in [2.05, 4.69) is 25.6 Å². The normalized spacial score (nSPS) is 10.8. The molecule has 6 heteroatoms. The van der Waals surface area contributed by atoms with Crippen LogP contribution < -0.4 is 5.32 Å². The molecule has 0 radical (unpaired) electrons. The van der Waals surface area contributed by atoms with Gasteiger partial charge in [-0.15, -0.1) is 15.3 Å². The lowest BCUT2D eigenvalue weighted by molar-refractivity contribution is 0.925. The van der Waals surface area contributed by atoms with Crippen LogP contribution in [-0.4, -0.2) is 24.8 Å². The van der Waals surface area contributed by atoms with Crippen molar-refractivity contribution < 1.29 is 0 Å². The van der Waals surface area contributed by atoms with Gasteiger partial charge in [0.1, 0.15) is 5.82 Å². The monoisotopic (exact) mass is 302 g/mol. The lowest BCUT2D eigenvalue weighted by Crippen LogP contribution is -2.04. The second-order valence-electron chi connectivity index (χ2n) is 5.09. The lowest BCUT2D eigenvalue weighted by Gasteiger charge is -2.06. The quantitative estimate of drug-likeness (QED) is 0.628. The van der Waals surface area contributed by atoms with Gasteiger partial charge in [-0.25, -0.2) is 0 Å². The fourth-order valence-corrected chi connectivity index (χ4v) is 2.34. The number of rotatable bonds is 4. The summed E-state index contributed by atoms with van der Waals surface area (Å²) in [5, 5.41) is 16.3. The Morgan fingerprint density at radius 2 is 1.70 bits per heavy atom. The zero-order chi connectivity index (χ0) is 15.5. The van der Waals surface area contributed by atoms with Crippen molar-refractivity contribution >= 4 is 11.5 Å². The summed E-state index contributed by atoms with van der Waals surface area (Å²) in [5.41, 5.74) is 2.85. The zero-order valence-electron chi connectivity index (χ0n) is 12.3. The zero-order valence-corrected chi connectivity index (χ0v) is 12.3. The maximum Gasteiger partial charge on any atom is 0.185 e. The van der Waals surface area contributed by atoms with Crippen LogP contribution in [0.5, 0.6) is 0 Å². The molecule has 23 heavy (non-hydrogen) atoms. The van der Waals surface area contributed by atoms with Crippen molar-refractivity contribution in [1.82, 2.24) is 24.8 Å². The van der Waals surface area contributed by atoms with E-state index < -0.39 is 0 Å². The van der Waals surface area contributed by atoms with Crippen LogP contribution in [0.15, 0.2) is 67.0 Å². The predicted molar refractivity (Wildman–Crippen MR) is 87.8 cm³/mol. The first-order valence-electron chi connectivity index (χ1n) is 7.31. The highest BCUT2D eigenvalue weighted by Gasteiger charge is 2.09. The van der Waals surface area contributed by atoms with Crippen LogP contribution in [0.25, 0.3) is 17.0 Å². The Labute approximate surface area is 132 Å². The third-order valence-corrected chi connectivity index (χ3v) is 3.52. The predicted octanol–water partition coefficient (Wildman–Crippen LogP) is 2.80. The Morgan fingerprint density at radius 1 is 0.870 bits per heavy atom. The van der Waals surface area contributed by atoms with Crippen molar-refractivity contribution in [3.8, 4) is 11.4 Å². The van der Waals surface area contributed by atoms with Crippen molar-refractivity contribution in [3.05, 3.63) is 72.6 Å². The van der Waals surface area contributed by atoms with E-state index in [1.165, 1.54) is 0 Å². The van der Waals surface area contributed by atoms with E-state index in [-0.39, 0.29) is 0 Å². The Bertz CT molecular complexity index is 918. The minimum atomic E-state index is 0.684. The molecule has 6 nitrogen and oxygen atoms in total. The summed E-state index contributed by atoms with van der Waals surface area (Å²) in [7, 11) is 0. The van der Waals surface area contributed by atoms with E-state index >= 15 is 0 Å². The van der Waals surface area contributed by atoms with E-state index in [0.29, 0.717) is 6.54 Å². The molecule has 4 rings (SSSR count). The number of hydrogen-bond donors (Lipinski definition) is 1. The molecule has 0 unspecified atom stereocenters. The third-order valence-electron chi connectivity index (χ3n) is 3.52. The van der Waals surface area contributed by atoms with Crippen molar-refractivity contribution in [3.63, 3.8) is 0 Å². The molecule has 1 N–H and O–H groups in total. The van der Waals surface area contributed by atoms with Crippen LogP contribution in [0.3, 0.4) is 0 Å². The summed E-state index contributed by atoms with van der Waals surface area (Å²) < 4.78 is 1.75. The van der Waals surface area contributed by atoms with Gasteiger partial charge in [0.15, 0.2) is 11.5 Å². The maximum atomic E-state index is 4.59. The molecule has 0 aliphatic carbocycles. The van der Waals surface area contributed by atoms with Gasteiger partial charge in [-0.05, 0) is 29.8 Å². The molecule has 0 aliphatic heterocycles. The van der Waals surface area contributed by atoms with Crippen molar-refractivity contribution in [1.29, 1.82) is 0 Å². The molecule has 4 aromatic rings. The number of nitrogens with zero attached hydrogens (tertiary/aromatic N) is 5. The van der Waals surface area contributed by atoms with Crippen LogP contribution in [0.1, 0.15) is 5.56 Å². The Kier molecular flexibility index (Phi) is 3.40. The maximum absolute atomic E-state index is 4.59. The largest absolute Gasteiger partial charge is 0.365 e. The average Bonchev–Trinajstić information content (AvgIpc) is 3.05. The molecule has 3 aromatic heterocycles. The molecule has 0 bridgehead atoms. The molecule has 0 fully saturated rings. The molecule has 1 aromatic carbocycles. The Balaban J connectivity index is 1.65. The molecular formula is C17H14N6. The molecule has 0 spiro atoms. The van der Waals surface area contributed by atoms with Crippen LogP contribution in [0.2, 0.25) is 0 Å². The fraction of sp³-hybridized carbons (Fsp3) is 0.0588. The fourth-order valence-electron chi connectivity index (χ4n) is 2.34. The molecule has 112 valence electrons. The first-order valence-corrected chi connectivity index (χ1v) is 7.31. The number of benzene rings is 1. The lowest BCUT2D eigenvalue weighted by atomic mass is 10.2. The second kappa shape index (κ2) is 5.84. The molecule has 0 atom stereocenters. The molecule has 3 heterocycles. The molecular weight excluding hydrogens is 288 g/mol. The van der Waals surface area contributed by atoms with E-state index in [1.54, 1.807) is 16.9 Å². The van der Waals surface area contributed by atoms with Crippen molar-refractivity contribution in [2.24, 2.45) is 0 Å². The first kappa shape index (κ1) is 13.4. The highest BCUT2D eigenvalue weighted by Crippen LogP contribution is 2.18. The van der Waals surface area contributed by atoms with Gasteiger partial charge in [-0.2, -0.15) is 4.52 Å².